The molecule has 0 radical (unpaired) electrons. The standard InChI is InChI=1S/C17H14N4O3S/c1-10-4-5-16(25-10)12-8-13(20-19-12)17(22)18-9-11-7-15(24-21-11)14-3-2-6-23-14/h2-8H,9H2,1H3,(H,18,22)(H,19,20). The molecule has 0 atom stereocenters. The van der Waals surface area contributed by atoms with Gasteiger partial charge in [0.15, 0.2) is 11.5 Å². The van der Waals surface area contributed by atoms with Gasteiger partial charge in [-0.15, -0.1) is 11.3 Å². The molecule has 0 saturated carbocycles. The molecule has 0 aromatic carbocycles. The second kappa shape index (κ2) is 6.40. The van der Waals surface area contributed by atoms with Crippen molar-refractivity contribution < 1.29 is 13.7 Å². The maximum atomic E-state index is 12.2. The zero-order valence-corrected chi connectivity index (χ0v) is 14.1. The fourth-order valence-electron chi connectivity index (χ4n) is 2.33. The zero-order chi connectivity index (χ0) is 17.2. The number of carbonyl (C=O) groups excluding carboxylic acids is 1. The third-order valence-electron chi connectivity index (χ3n) is 3.57. The molecule has 0 aliphatic rings. The van der Waals surface area contributed by atoms with Crippen molar-refractivity contribution in [2.24, 2.45) is 0 Å². The Morgan fingerprint density at radius 2 is 2.20 bits per heavy atom. The molecule has 126 valence electrons. The fourth-order valence-corrected chi connectivity index (χ4v) is 3.17. The van der Waals surface area contributed by atoms with Gasteiger partial charge in [0.05, 0.1) is 23.4 Å². The smallest absolute Gasteiger partial charge is 0.272 e. The van der Waals surface area contributed by atoms with Crippen molar-refractivity contribution in [3.8, 4) is 22.1 Å². The minimum absolute atomic E-state index is 0.239. The first-order chi connectivity index (χ1) is 12.2. The van der Waals surface area contributed by atoms with Gasteiger partial charge in [-0.05, 0) is 37.3 Å². The van der Waals surface area contributed by atoms with Crippen LogP contribution in [0.3, 0.4) is 0 Å². The van der Waals surface area contributed by atoms with Gasteiger partial charge >= 0.3 is 0 Å². The Morgan fingerprint density at radius 1 is 1.28 bits per heavy atom. The van der Waals surface area contributed by atoms with Gasteiger partial charge in [0.2, 0.25) is 5.76 Å². The largest absolute Gasteiger partial charge is 0.461 e. The maximum Gasteiger partial charge on any atom is 0.272 e. The van der Waals surface area contributed by atoms with E-state index in [0.717, 1.165) is 10.6 Å². The molecule has 7 nitrogen and oxygen atoms in total. The average Bonchev–Trinajstić information content (AvgIpc) is 3.38. The van der Waals surface area contributed by atoms with Crippen LogP contribution < -0.4 is 5.32 Å². The van der Waals surface area contributed by atoms with E-state index in [1.54, 1.807) is 41.9 Å². The molecular formula is C17H14N4O3S. The van der Waals surface area contributed by atoms with Gasteiger partial charge in [0, 0.05) is 10.9 Å². The van der Waals surface area contributed by atoms with Crippen LogP contribution in [0.15, 0.2) is 51.6 Å². The number of aryl methyl sites for hydroxylation is 1. The normalized spacial score (nSPS) is 10.9. The topological polar surface area (TPSA) is 97.0 Å². The van der Waals surface area contributed by atoms with E-state index in [2.05, 4.69) is 20.7 Å². The Balaban J connectivity index is 1.40. The SMILES string of the molecule is Cc1ccc(-c2cc(C(=O)NCc3cc(-c4ccco4)on3)n[nH]2)s1. The summed E-state index contributed by atoms with van der Waals surface area (Å²) in [7, 11) is 0. The number of aromatic nitrogens is 3. The number of furan rings is 1. The van der Waals surface area contributed by atoms with Crippen LogP contribution in [0.2, 0.25) is 0 Å². The van der Waals surface area contributed by atoms with Crippen LogP contribution in [0.4, 0.5) is 0 Å². The average molecular weight is 354 g/mol. The van der Waals surface area contributed by atoms with E-state index in [4.69, 9.17) is 8.94 Å². The number of H-pyrrole nitrogens is 1. The molecule has 0 spiro atoms. The summed E-state index contributed by atoms with van der Waals surface area (Å²) in [5.41, 5.74) is 1.75. The molecule has 0 aliphatic carbocycles. The highest BCUT2D eigenvalue weighted by molar-refractivity contribution is 7.15. The third-order valence-corrected chi connectivity index (χ3v) is 4.60. The fraction of sp³-hybridized carbons (Fsp3) is 0.118. The molecule has 25 heavy (non-hydrogen) atoms. The predicted molar refractivity (Wildman–Crippen MR) is 92.0 cm³/mol. The van der Waals surface area contributed by atoms with Gasteiger partial charge < -0.3 is 14.3 Å². The van der Waals surface area contributed by atoms with Crippen LogP contribution in [0.5, 0.6) is 0 Å². The Hall–Kier alpha value is -3.13. The van der Waals surface area contributed by atoms with Crippen molar-refractivity contribution in [2.45, 2.75) is 13.5 Å². The van der Waals surface area contributed by atoms with Crippen LogP contribution >= 0.6 is 11.3 Å². The molecule has 0 fully saturated rings. The number of hydrogen-bond acceptors (Lipinski definition) is 6. The molecular weight excluding hydrogens is 340 g/mol. The summed E-state index contributed by atoms with van der Waals surface area (Å²) in [6.45, 7) is 2.27. The van der Waals surface area contributed by atoms with Crippen LogP contribution in [0.25, 0.3) is 22.1 Å². The van der Waals surface area contributed by atoms with E-state index in [9.17, 15) is 4.79 Å². The highest BCUT2D eigenvalue weighted by Crippen LogP contribution is 2.26. The summed E-state index contributed by atoms with van der Waals surface area (Å²) in [4.78, 5) is 14.5. The second-order valence-corrected chi connectivity index (χ2v) is 6.71. The van der Waals surface area contributed by atoms with Crippen LogP contribution in [0, 0.1) is 6.92 Å². The zero-order valence-electron chi connectivity index (χ0n) is 13.3. The second-order valence-electron chi connectivity index (χ2n) is 5.42. The first-order valence-corrected chi connectivity index (χ1v) is 8.40. The van der Waals surface area contributed by atoms with E-state index in [1.165, 1.54) is 4.88 Å². The van der Waals surface area contributed by atoms with Gasteiger partial charge in [-0.2, -0.15) is 5.10 Å². The number of carbonyl (C=O) groups is 1. The summed E-state index contributed by atoms with van der Waals surface area (Å²) < 4.78 is 10.4. The Labute approximate surface area is 146 Å². The molecule has 4 aromatic rings. The number of rotatable bonds is 5. The molecule has 0 saturated heterocycles. The number of nitrogens with one attached hydrogen (secondary N) is 2. The van der Waals surface area contributed by atoms with Crippen molar-refractivity contribution >= 4 is 17.2 Å². The summed E-state index contributed by atoms with van der Waals surface area (Å²) >= 11 is 1.64. The Morgan fingerprint density at radius 3 is 2.96 bits per heavy atom. The molecule has 4 rings (SSSR count). The predicted octanol–water partition coefficient (Wildman–Crippen LogP) is 3.62. The molecule has 8 heteroatoms. The Bertz CT molecular complexity index is 997. The number of thiophene rings is 1. The molecule has 2 N–H and O–H groups in total. The van der Waals surface area contributed by atoms with E-state index < -0.39 is 0 Å². The quantitative estimate of drug-likeness (QED) is 0.570. The first kappa shape index (κ1) is 15.4. The van der Waals surface area contributed by atoms with Crippen molar-refractivity contribution in [1.82, 2.24) is 20.7 Å². The lowest BCUT2D eigenvalue weighted by atomic mass is 10.3. The maximum absolute atomic E-state index is 12.2. The molecule has 1 amide bonds. The highest BCUT2D eigenvalue weighted by atomic mass is 32.1. The molecule has 4 aromatic heterocycles. The van der Waals surface area contributed by atoms with Crippen LogP contribution in [-0.4, -0.2) is 21.3 Å². The number of hydrogen-bond donors (Lipinski definition) is 2. The van der Waals surface area contributed by atoms with Gasteiger partial charge in [-0.1, -0.05) is 5.16 Å². The van der Waals surface area contributed by atoms with Crippen LogP contribution in [-0.2, 0) is 6.54 Å². The van der Waals surface area contributed by atoms with Crippen molar-refractivity contribution in [3.63, 3.8) is 0 Å². The minimum Gasteiger partial charge on any atom is -0.461 e. The summed E-state index contributed by atoms with van der Waals surface area (Å²) in [6.07, 6.45) is 1.56. The molecule has 4 heterocycles. The van der Waals surface area contributed by atoms with Gasteiger partial charge in [-0.3, -0.25) is 9.89 Å². The summed E-state index contributed by atoms with van der Waals surface area (Å²) in [5.74, 6) is 0.830. The van der Waals surface area contributed by atoms with Gasteiger partial charge in [0.25, 0.3) is 5.91 Å². The monoisotopic (exact) mass is 354 g/mol. The highest BCUT2D eigenvalue weighted by Gasteiger charge is 2.14. The lowest BCUT2D eigenvalue weighted by Crippen LogP contribution is -2.23. The number of amides is 1. The Kier molecular flexibility index (Phi) is 3.95. The van der Waals surface area contributed by atoms with E-state index >= 15 is 0 Å². The molecule has 0 unspecified atom stereocenters. The van der Waals surface area contributed by atoms with Gasteiger partial charge in [-0.25, -0.2) is 0 Å². The van der Waals surface area contributed by atoms with Crippen LogP contribution in [0.1, 0.15) is 21.1 Å². The van der Waals surface area contributed by atoms with E-state index in [0.29, 0.717) is 22.9 Å². The minimum atomic E-state index is -0.279. The summed E-state index contributed by atoms with van der Waals surface area (Å²) in [6, 6.07) is 11.0. The lowest BCUT2D eigenvalue weighted by molar-refractivity contribution is 0.0945. The molecule has 0 bridgehead atoms. The van der Waals surface area contributed by atoms with Gasteiger partial charge in [0.1, 0.15) is 5.69 Å². The lowest BCUT2D eigenvalue weighted by Gasteiger charge is -1.98. The number of aromatic amines is 1. The van der Waals surface area contributed by atoms with E-state index in [-0.39, 0.29) is 12.5 Å². The van der Waals surface area contributed by atoms with Crippen molar-refractivity contribution in [1.29, 1.82) is 0 Å². The van der Waals surface area contributed by atoms with Crippen molar-refractivity contribution in [3.05, 3.63) is 58.9 Å². The number of nitrogens with zero attached hydrogens (tertiary/aromatic N) is 2. The van der Waals surface area contributed by atoms with E-state index in [1.807, 2.05) is 19.1 Å². The molecule has 0 aliphatic heterocycles. The summed E-state index contributed by atoms with van der Waals surface area (Å²) in [5, 5.41) is 13.7. The first-order valence-electron chi connectivity index (χ1n) is 7.59. The van der Waals surface area contributed by atoms with Crippen molar-refractivity contribution in [2.75, 3.05) is 0 Å². The third kappa shape index (κ3) is 3.24.